The summed E-state index contributed by atoms with van der Waals surface area (Å²) >= 11 is 0. The van der Waals surface area contributed by atoms with Crippen molar-refractivity contribution in [3.05, 3.63) is 36.0 Å². The lowest BCUT2D eigenvalue weighted by Crippen LogP contribution is -2.40. The average Bonchev–Trinajstić information content (AvgIpc) is 3.24. The van der Waals surface area contributed by atoms with E-state index in [1.807, 2.05) is 0 Å². The first-order valence-corrected chi connectivity index (χ1v) is 11.5. The molecule has 0 radical (unpaired) electrons. The maximum atomic E-state index is 5.66. The Kier molecular flexibility index (Phi) is 5.97. The van der Waals surface area contributed by atoms with Crippen molar-refractivity contribution < 1.29 is 9.47 Å². The van der Waals surface area contributed by atoms with E-state index in [1.165, 1.54) is 11.5 Å². The summed E-state index contributed by atoms with van der Waals surface area (Å²) in [5.41, 5.74) is 5.31. The van der Waals surface area contributed by atoms with Crippen molar-refractivity contribution in [3.8, 4) is 11.8 Å². The first kappa shape index (κ1) is 20.2. The normalized spacial score (nSPS) is 17.2. The summed E-state index contributed by atoms with van der Waals surface area (Å²) in [5, 5.41) is 0. The monoisotopic (exact) mass is 418 g/mol. The number of hydrogen-bond acceptors (Lipinski definition) is 5. The fourth-order valence-electron chi connectivity index (χ4n) is 4.45. The highest BCUT2D eigenvalue weighted by Crippen LogP contribution is 2.37. The third kappa shape index (κ3) is 3.96. The van der Waals surface area contributed by atoms with Crippen LogP contribution < -0.4 is 9.80 Å². The first-order valence-electron chi connectivity index (χ1n) is 11.5. The van der Waals surface area contributed by atoms with Crippen LogP contribution in [0.15, 0.2) is 30.3 Å². The summed E-state index contributed by atoms with van der Waals surface area (Å²) in [6, 6.07) is 10.7. The topological polar surface area (TPSA) is 42.2 Å². The maximum Gasteiger partial charge on any atom is 0.138 e. The molecule has 1 aromatic carbocycles. The van der Waals surface area contributed by atoms with Crippen molar-refractivity contribution >= 4 is 28.1 Å². The minimum atomic E-state index is 0.752. The van der Waals surface area contributed by atoms with Gasteiger partial charge in [-0.15, -0.1) is 0 Å². The standard InChI is InChI=1S/C25H30N4O2/c1-2-3-4-5-8-21-23-19-24(27-11-15-30-16-12-27)25(28-13-17-31-18-14-28)29(23)22-10-7-6-9-20(22)26-21/h6-7,9-10,19H,2-4,11-18H2,1H3. The molecule has 6 nitrogen and oxygen atoms in total. The van der Waals surface area contributed by atoms with E-state index in [0.717, 1.165) is 94.1 Å². The van der Waals surface area contributed by atoms with Crippen LogP contribution in [0.4, 0.5) is 11.5 Å². The zero-order valence-electron chi connectivity index (χ0n) is 18.3. The van der Waals surface area contributed by atoms with Gasteiger partial charge in [0.15, 0.2) is 0 Å². The second-order valence-electron chi connectivity index (χ2n) is 8.13. The van der Waals surface area contributed by atoms with Crippen molar-refractivity contribution in [2.45, 2.75) is 26.2 Å². The van der Waals surface area contributed by atoms with Gasteiger partial charge in [-0.25, -0.2) is 4.98 Å². The van der Waals surface area contributed by atoms with Crippen LogP contribution in [0.25, 0.3) is 16.6 Å². The molecule has 2 aromatic heterocycles. The molecule has 6 heteroatoms. The Hall–Kier alpha value is -2.75. The van der Waals surface area contributed by atoms with Crippen molar-refractivity contribution in [2.75, 3.05) is 62.4 Å². The van der Waals surface area contributed by atoms with Gasteiger partial charge in [0.1, 0.15) is 11.5 Å². The van der Waals surface area contributed by atoms with E-state index in [1.54, 1.807) is 0 Å². The predicted molar refractivity (Wildman–Crippen MR) is 125 cm³/mol. The van der Waals surface area contributed by atoms with Crippen LogP contribution in [-0.2, 0) is 9.47 Å². The molecule has 0 bridgehead atoms. The van der Waals surface area contributed by atoms with E-state index in [4.69, 9.17) is 14.5 Å². The minimum absolute atomic E-state index is 0.752. The number of nitrogens with zero attached hydrogens (tertiary/aromatic N) is 4. The van der Waals surface area contributed by atoms with Crippen molar-refractivity contribution in [3.63, 3.8) is 0 Å². The van der Waals surface area contributed by atoms with E-state index in [-0.39, 0.29) is 0 Å². The van der Waals surface area contributed by atoms with Gasteiger partial charge >= 0.3 is 0 Å². The molecular formula is C25H30N4O2. The van der Waals surface area contributed by atoms with Crippen LogP contribution in [0.2, 0.25) is 0 Å². The van der Waals surface area contributed by atoms with Crippen molar-refractivity contribution in [1.29, 1.82) is 0 Å². The molecule has 0 unspecified atom stereocenters. The second-order valence-corrected chi connectivity index (χ2v) is 8.13. The van der Waals surface area contributed by atoms with E-state index < -0.39 is 0 Å². The number of fused-ring (bicyclic) bond motifs is 3. The van der Waals surface area contributed by atoms with E-state index in [0.29, 0.717) is 0 Å². The number of unbranched alkanes of at least 4 members (excludes halogenated alkanes) is 2. The number of ether oxygens (including phenoxy) is 2. The highest BCUT2D eigenvalue weighted by atomic mass is 16.5. The van der Waals surface area contributed by atoms with E-state index in [2.05, 4.69) is 63.3 Å². The third-order valence-electron chi connectivity index (χ3n) is 6.08. The zero-order valence-corrected chi connectivity index (χ0v) is 18.3. The summed E-state index contributed by atoms with van der Waals surface area (Å²) < 4.78 is 13.7. The fourth-order valence-corrected chi connectivity index (χ4v) is 4.45. The smallest absolute Gasteiger partial charge is 0.138 e. The average molecular weight is 419 g/mol. The summed E-state index contributed by atoms with van der Waals surface area (Å²) in [6.07, 6.45) is 3.18. The number of anilines is 2. The molecule has 5 rings (SSSR count). The molecule has 0 amide bonds. The highest BCUT2D eigenvalue weighted by molar-refractivity contribution is 5.89. The quantitative estimate of drug-likeness (QED) is 0.477. The van der Waals surface area contributed by atoms with Gasteiger partial charge in [0.05, 0.1) is 48.7 Å². The van der Waals surface area contributed by atoms with Crippen LogP contribution in [0.5, 0.6) is 0 Å². The van der Waals surface area contributed by atoms with Crippen LogP contribution in [0.3, 0.4) is 0 Å². The van der Waals surface area contributed by atoms with E-state index in [9.17, 15) is 0 Å². The number of para-hydroxylation sites is 2. The van der Waals surface area contributed by atoms with Crippen molar-refractivity contribution in [1.82, 2.24) is 9.38 Å². The number of hydrogen-bond donors (Lipinski definition) is 0. The molecular weight excluding hydrogens is 388 g/mol. The number of rotatable bonds is 4. The number of benzene rings is 1. The van der Waals surface area contributed by atoms with Gasteiger partial charge in [-0.1, -0.05) is 31.4 Å². The molecule has 2 saturated heterocycles. The number of morpholine rings is 2. The predicted octanol–water partition coefficient (Wildman–Crippen LogP) is 3.70. The Bertz CT molecular complexity index is 1120. The van der Waals surface area contributed by atoms with Gasteiger partial charge in [0, 0.05) is 32.6 Å². The molecule has 4 heterocycles. The van der Waals surface area contributed by atoms with Gasteiger partial charge in [-0.2, -0.15) is 0 Å². The van der Waals surface area contributed by atoms with Crippen LogP contribution in [0, 0.1) is 11.8 Å². The Morgan fingerprint density at radius 2 is 1.65 bits per heavy atom. The lowest BCUT2D eigenvalue weighted by molar-refractivity contribution is 0.120. The molecule has 3 aromatic rings. The summed E-state index contributed by atoms with van der Waals surface area (Å²) in [4.78, 5) is 9.87. The molecule has 0 spiro atoms. The van der Waals surface area contributed by atoms with Crippen LogP contribution >= 0.6 is 0 Å². The summed E-state index contributed by atoms with van der Waals surface area (Å²) in [6.45, 7) is 8.80. The lowest BCUT2D eigenvalue weighted by atomic mass is 10.2. The SMILES string of the molecule is CCCCC#Cc1nc2ccccc2n2c(N3CCOCC3)c(N3CCOCC3)cc12. The molecule has 0 saturated carbocycles. The second kappa shape index (κ2) is 9.17. The number of aromatic nitrogens is 2. The molecule has 2 fully saturated rings. The molecule has 2 aliphatic heterocycles. The lowest BCUT2D eigenvalue weighted by Gasteiger charge is -2.34. The molecule has 0 atom stereocenters. The van der Waals surface area contributed by atoms with Gasteiger partial charge < -0.3 is 19.3 Å². The van der Waals surface area contributed by atoms with Crippen LogP contribution in [0.1, 0.15) is 31.9 Å². The Morgan fingerprint density at radius 3 is 2.39 bits per heavy atom. The molecule has 0 aliphatic carbocycles. The Balaban J connectivity index is 1.74. The molecule has 162 valence electrons. The van der Waals surface area contributed by atoms with Gasteiger partial charge in [-0.3, -0.25) is 4.40 Å². The van der Waals surface area contributed by atoms with Crippen LogP contribution in [-0.4, -0.2) is 62.0 Å². The largest absolute Gasteiger partial charge is 0.378 e. The van der Waals surface area contributed by atoms with Crippen molar-refractivity contribution in [2.24, 2.45) is 0 Å². The first-order chi connectivity index (χ1) is 15.4. The summed E-state index contributed by atoms with van der Waals surface area (Å²) in [5.74, 6) is 7.98. The Morgan fingerprint density at radius 1 is 0.935 bits per heavy atom. The minimum Gasteiger partial charge on any atom is -0.378 e. The van der Waals surface area contributed by atoms with Gasteiger partial charge in [-0.05, 0) is 30.5 Å². The third-order valence-corrected chi connectivity index (χ3v) is 6.08. The molecule has 31 heavy (non-hydrogen) atoms. The van der Waals surface area contributed by atoms with Gasteiger partial charge in [0.2, 0.25) is 0 Å². The highest BCUT2D eigenvalue weighted by Gasteiger charge is 2.26. The molecule has 0 N–H and O–H groups in total. The fraction of sp³-hybridized carbons (Fsp3) is 0.480. The summed E-state index contributed by atoms with van der Waals surface area (Å²) in [7, 11) is 0. The zero-order chi connectivity index (χ0) is 21.0. The van der Waals surface area contributed by atoms with E-state index >= 15 is 0 Å². The Labute approximate surface area is 183 Å². The van der Waals surface area contributed by atoms with Gasteiger partial charge in [0.25, 0.3) is 0 Å². The maximum absolute atomic E-state index is 5.66. The molecule has 2 aliphatic rings.